The quantitative estimate of drug-likeness (QED) is 0.615. The number of amides is 2. The zero-order valence-corrected chi connectivity index (χ0v) is 20.8. The van der Waals surface area contributed by atoms with Crippen LogP contribution in [0.15, 0.2) is 42.5 Å². The molecular weight excluding hydrogens is 466 g/mol. The first kappa shape index (κ1) is 26.1. The van der Waals surface area contributed by atoms with Crippen molar-refractivity contribution in [3.05, 3.63) is 65.2 Å². The fourth-order valence-electron chi connectivity index (χ4n) is 5.00. The first-order chi connectivity index (χ1) is 17.4. The van der Waals surface area contributed by atoms with Gasteiger partial charge in [-0.3, -0.25) is 9.59 Å². The van der Waals surface area contributed by atoms with Crippen molar-refractivity contribution in [1.29, 1.82) is 0 Å². The molecule has 0 N–H and O–H groups in total. The SMILES string of the molecule is CCCCN1CCOc2ccccc2CCCCC2(CN(C(=O)c3c(F)cccc3F)CCO2)C1=O. The van der Waals surface area contributed by atoms with Gasteiger partial charge in [0.2, 0.25) is 0 Å². The number of para-hydroxylation sites is 1. The van der Waals surface area contributed by atoms with Gasteiger partial charge < -0.3 is 19.3 Å². The maximum Gasteiger partial charge on any atom is 0.260 e. The number of carbonyl (C=O) groups excluding carboxylic acids is 2. The summed E-state index contributed by atoms with van der Waals surface area (Å²) in [5.41, 5.74) is -0.736. The lowest BCUT2D eigenvalue weighted by atomic mass is 9.90. The highest BCUT2D eigenvalue weighted by Gasteiger charge is 2.47. The molecule has 0 aliphatic carbocycles. The number of nitrogens with zero attached hydrogens (tertiary/aromatic N) is 2. The second kappa shape index (κ2) is 11.8. The molecule has 8 heteroatoms. The number of hydrogen-bond acceptors (Lipinski definition) is 4. The van der Waals surface area contributed by atoms with Crippen molar-refractivity contribution < 1.29 is 27.8 Å². The van der Waals surface area contributed by atoms with E-state index in [9.17, 15) is 18.4 Å². The number of ether oxygens (including phenoxy) is 2. The maximum atomic E-state index is 14.4. The third-order valence-corrected chi connectivity index (χ3v) is 6.98. The predicted octanol–water partition coefficient (Wildman–Crippen LogP) is 4.61. The highest BCUT2D eigenvalue weighted by Crippen LogP contribution is 2.31. The Kier molecular flexibility index (Phi) is 8.56. The molecule has 6 nitrogen and oxygen atoms in total. The summed E-state index contributed by atoms with van der Waals surface area (Å²) in [4.78, 5) is 30.3. The standard InChI is InChI=1S/C28H34F2N2O4/c1-2-3-15-31-16-18-35-24-13-5-4-9-21(24)10-6-7-14-28(27(31)34)20-32(17-19-36-28)26(33)25-22(29)11-8-12-23(25)30/h4-5,8-9,11-13H,2-3,6-7,10,14-20H2,1H3. The number of rotatable bonds is 4. The molecule has 0 bridgehead atoms. The molecule has 4 rings (SSSR count). The highest BCUT2D eigenvalue weighted by atomic mass is 19.1. The lowest BCUT2D eigenvalue weighted by Crippen LogP contribution is -2.62. The average molecular weight is 501 g/mol. The Labute approximate surface area is 211 Å². The lowest BCUT2D eigenvalue weighted by Gasteiger charge is -2.44. The second-order valence-corrected chi connectivity index (χ2v) is 9.48. The van der Waals surface area contributed by atoms with E-state index in [0.717, 1.165) is 49.1 Å². The van der Waals surface area contributed by atoms with E-state index in [4.69, 9.17) is 9.47 Å². The second-order valence-electron chi connectivity index (χ2n) is 9.48. The number of halogens is 2. The Balaban J connectivity index is 1.61. The van der Waals surface area contributed by atoms with Gasteiger partial charge in [-0.15, -0.1) is 0 Å². The fraction of sp³-hybridized carbons (Fsp3) is 0.500. The third-order valence-electron chi connectivity index (χ3n) is 6.98. The Hall–Kier alpha value is -3.00. The van der Waals surface area contributed by atoms with E-state index in [1.807, 2.05) is 18.2 Å². The first-order valence-electron chi connectivity index (χ1n) is 12.8. The van der Waals surface area contributed by atoms with Crippen LogP contribution < -0.4 is 4.74 Å². The summed E-state index contributed by atoms with van der Waals surface area (Å²) in [6.45, 7) is 3.56. The number of morpholine rings is 1. The van der Waals surface area contributed by atoms with Gasteiger partial charge >= 0.3 is 0 Å². The van der Waals surface area contributed by atoms with Crippen LogP contribution in [-0.4, -0.2) is 66.6 Å². The minimum Gasteiger partial charge on any atom is -0.491 e. The zero-order valence-electron chi connectivity index (χ0n) is 20.8. The molecule has 0 aromatic heterocycles. The molecule has 2 aromatic rings. The Bertz CT molecular complexity index is 1060. The summed E-state index contributed by atoms with van der Waals surface area (Å²) in [7, 11) is 0. The summed E-state index contributed by atoms with van der Waals surface area (Å²) in [6.07, 6.45) is 4.45. The van der Waals surface area contributed by atoms with E-state index in [1.54, 1.807) is 4.90 Å². The molecular formula is C28H34F2N2O4. The molecule has 1 atom stereocenters. The molecule has 36 heavy (non-hydrogen) atoms. The lowest BCUT2D eigenvalue weighted by molar-refractivity contribution is -0.170. The minimum absolute atomic E-state index is 0.0431. The van der Waals surface area contributed by atoms with Gasteiger partial charge in [0.05, 0.1) is 19.7 Å². The van der Waals surface area contributed by atoms with Crippen molar-refractivity contribution in [3.63, 3.8) is 0 Å². The number of carbonyl (C=O) groups is 2. The first-order valence-corrected chi connectivity index (χ1v) is 12.8. The molecule has 1 saturated heterocycles. The van der Waals surface area contributed by atoms with Crippen LogP contribution in [-0.2, 0) is 16.0 Å². The summed E-state index contributed by atoms with van der Waals surface area (Å²) in [6, 6.07) is 11.3. The van der Waals surface area contributed by atoms with Crippen molar-refractivity contribution in [1.82, 2.24) is 9.80 Å². The topological polar surface area (TPSA) is 59.1 Å². The molecule has 2 amide bonds. The van der Waals surface area contributed by atoms with E-state index in [1.165, 1.54) is 11.0 Å². The summed E-state index contributed by atoms with van der Waals surface area (Å²) in [5.74, 6) is -1.94. The van der Waals surface area contributed by atoms with Crippen LogP contribution in [0.25, 0.3) is 0 Å². The maximum absolute atomic E-state index is 14.4. The molecule has 0 saturated carbocycles. The molecule has 1 fully saturated rings. The van der Waals surface area contributed by atoms with Gasteiger partial charge in [-0.05, 0) is 55.9 Å². The van der Waals surface area contributed by atoms with E-state index in [0.29, 0.717) is 32.5 Å². The molecule has 2 aliphatic heterocycles. The van der Waals surface area contributed by atoms with Crippen molar-refractivity contribution >= 4 is 11.8 Å². The van der Waals surface area contributed by atoms with E-state index < -0.39 is 28.7 Å². The van der Waals surface area contributed by atoms with Gasteiger partial charge in [0.1, 0.15) is 29.6 Å². The molecule has 2 aromatic carbocycles. The summed E-state index contributed by atoms with van der Waals surface area (Å²) < 4.78 is 41.0. The Morgan fingerprint density at radius 3 is 2.58 bits per heavy atom. The van der Waals surface area contributed by atoms with Gasteiger partial charge in [-0.25, -0.2) is 8.78 Å². The predicted molar refractivity (Wildman–Crippen MR) is 132 cm³/mol. The van der Waals surface area contributed by atoms with Crippen LogP contribution in [0.4, 0.5) is 8.78 Å². The Morgan fingerprint density at radius 1 is 1.03 bits per heavy atom. The molecule has 194 valence electrons. The summed E-state index contributed by atoms with van der Waals surface area (Å²) in [5, 5.41) is 0. The van der Waals surface area contributed by atoms with Crippen LogP contribution in [0.1, 0.15) is 54.9 Å². The molecule has 0 radical (unpaired) electrons. The van der Waals surface area contributed by atoms with E-state index >= 15 is 0 Å². The third kappa shape index (κ3) is 5.69. The van der Waals surface area contributed by atoms with Crippen LogP contribution in [0.2, 0.25) is 0 Å². The molecule has 2 aliphatic rings. The number of unbranched alkanes of at least 4 members (excludes halogenated alkanes) is 1. The zero-order chi connectivity index (χ0) is 25.5. The molecule has 2 heterocycles. The van der Waals surface area contributed by atoms with E-state index in [2.05, 4.69) is 13.0 Å². The van der Waals surface area contributed by atoms with Crippen LogP contribution in [0, 0.1) is 11.6 Å². The highest BCUT2D eigenvalue weighted by molar-refractivity contribution is 5.96. The normalized spacial score (nSPS) is 21.4. The monoisotopic (exact) mass is 500 g/mol. The van der Waals surface area contributed by atoms with Crippen molar-refractivity contribution in [2.75, 3.05) is 39.4 Å². The van der Waals surface area contributed by atoms with Crippen LogP contribution in [0.3, 0.4) is 0 Å². The van der Waals surface area contributed by atoms with Crippen molar-refractivity contribution in [2.45, 2.75) is 51.0 Å². The van der Waals surface area contributed by atoms with Gasteiger partial charge in [-0.1, -0.05) is 37.6 Å². The van der Waals surface area contributed by atoms with Crippen LogP contribution in [0.5, 0.6) is 5.75 Å². The van der Waals surface area contributed by atoms with Gasteiger partial charge in [0, 0.05) is 13.1 Å². The average Bonchev–Trinajstić information content (AvgIpc) is 2.88. The number of aryl methyl sites for hydroxylation is 1. The Morgan fingerprint density at radius 2 is 1.81 bits per heavy atom. The van der Waals surface area contributed by atoms with E-state index in [-0.39, 0.29) is 25.6 Å². The smallest absolute Gasteiger partial charge is 0.260 e. The van der Waals surface area contributed by atoms with Crippen LogP contribution >= 0.6 is 0 Å². The van der Waals surface area contributed by atoms with Gasteiger partial charge in [0.25, 0.3) is 11.8 Å². The number of hydrogen-bond donors (Lipinski definition) is 0. The number of benzene rings is 2. The summed E-state index contributed by atoms with van der Waals surface area (Å²) >= 11 is 0. The molecule has 1 spiro atoms. The largest absolute Gasteiger partial charge is 0.491 e. The molecule has 1 unspecified atom stereocenters. The fourth-order valence-corrected chi connectivity index (χ4v) is 5.00. The van der Waals surface area contributed by atoms with Crippen molar-refractivity contribution in [2.24, 2.45) is 0 Å². The minimum atomic E-state index is -1.26. The number of fused-ring (bicyclic) bond motifs is 1. The van der Waals surface area contributed by atoms with Gasteiger partial charge in [0.15, 0.2) is 5.60 Å². The van der Waals surface area contributed by atoms with Gasteiger partial charge in [-0.2, -0.15) is 0 Å². The van der Waals surface area contributed by atoms with Crippen molar-refractivity contribution in [3.8, 4) is 5.75 Å².